The lowest BCUT2D eigenvalue weighted by atomic mass is 9.82. The Morgan fingerprint density at radius 1 is 1.19 bits per heavy atom. The molecular formula is C25H40N6O. The number of amides is 1. The molecule has 0 spiro atoms. The molecule has 1 fully saturated rings. The molecule has 0 saturated carbocycles. The Kier molecular flexibility index (Phi) is 6.34. The van der Waals surface area contributed by atoms with Crippen molar-refractivity contribution in [3.8, 4) is 0 Å². The lowest BCUT2D eigenvalue weighted by Gasteiger charge is -2.41. The van der Waals surface area contributed by atoms with E-state index in [4.69, 9.17) is 9.97 Å². The first-order chi connectivity index (χ1) is 15.0. The molecule has 0 unspecified atom stereocenters. The van der Waals surface area contributed by atoms with Gasteiger partial charge in [-0.2, -0.15) is 0 Å². The van der Waals surface area contributed by atoms with Gasteiger partial charge in [0.15, 0.2) is 0 Å². The average molecular weight is 441 g/mol. The van der Waals surface area contributed by atoms with E-state index in [0.717, 1.165) is 69.2 Å². The molecule has 1 aromatic heterocycles. The minimum Gasteiger partial charge on any atom is -0.373 e. The maximum Gasteiger partial charge on any atom is 0.226 e. The van der Waals surface area contributed by atoms with Gasteiger partial charge in [0.1, 0.15) is 11.6 Å². The summed E-state index contributed by atoms with van der Waals surface area (Å²) in [4.78, 5) is 27.3. The molecular weight excluding hydrogens is 400 g/mol. The van der Waals surface area contributed by atoms with Crippen molar-refractivity contribution in [1.29, 1.82) is 0 Å². The van der Waals surface area contributed by atoms with Crippen LogP contribution in [0.1, 0.15) is 76.4 Å². The number of carbonyl (C=O) groups excluding carboxylic acids is 1. The van der Waals surface area contributed by atoms with Gasteiger partial charge in [0, 0.05) is 62.2 Å². The van der Waals surface area contributed by atoms with Crippen LogP contribution in [0, 0.1) is 0 Å². The molecule has 1 aromatic rings. The zero-order chi connectivity index (χ0) is 23.1. The minimum absolute atomic E-state index is 0.0176. The Labute approximate surface area is 193 Å². The molecule has 0 aromatic carbocycles. The van der Waals surface area contributed by atoms with Crippen LogP contribution < -0.4 is 10.6 Å². The lowest BCUT2D eigenvalue weighted by Crippen LogP contribution is -2.54. The standard InChI is InChI=1S/C25H40N6O/c1-24(2)14-17(15-25(3,4)29-24)13-21(32)31-11-7-18(8-12-31)22-27-20-16-30(6)10-9-19(20)23(26-5)28-22/h14,18,29H,7-13,15-16H2,1-6H3,(H,26,27,28). The van der Waals surface area contributed by atoms with Gasteiger partial charge in [-0.25, -0.2) is 9.97 Å². The average Bonchev–Trinajstić information content (AvgIpc) is 2.70. The predicted molar refractivity (Wildman–Crippen MR) is 129 cm³/mol. The van der Waals surface area contributed by atoms with Crippen molar-refractivity contribution in [2.45, 2.75) is 83.3 Å². The zero-order valence-corrected chi connectivity index (χ0v) is 20.7. The molecule has 7 nitrogen and oxygen atoms in total. The predicted octanol–water partition coefficient (Wildman–Crippen LogP) is 3.08. The molecule has 0 aliphatic carbocycles. The highest BCUT2D eigenvalue weighted by Crippen LogP contribution is 2.32. The van der Waals surface area contributed by atoms with Gasteiger partial charge < -0.3 is 20.4 Å². The van der Waals surface area contributed by atoms with Crippen molar-refractivity contribution in [2.24, 2.45) is 0 Å². The van der Waals surface area contributed by atoms with E-state index in [1.807, 2.05) is 11.9 Å². The summed E-state index contributed by atoms with van der Waals surface area (Å²) in [6, 6.07) is 0. The molecule has 0 atom stereocenters. The minimum atomic E-state index is -0.0762. The van der Waals surface area contributed by atoms with Crippen molar-refractivity contribution in [2.75, 3.05) is 39.0 Å². The smallest absolute Gasteiger partial charge is 0.226 e. The summed E-state index contributed by atoms with van der Waals surface area (Å²) >= 11 is 0. The molecule has 1 saturated heterocycles. The number of likely N-dealkylation sites (N-methyl/N-ethyl adjacent to an activating group) is 1. The Hall–Kier alpha value is -1.99. The fourth-order valence-electron chi connectivity index (χ4n) is 5.86. The molecule has 7 heteroatoms. The van der Waals surface area contributed by atoms with Crippen LogP contribution in [-0.2, 0) is 17.8 Å². The molecule has 4 rings (SSSR count). The number of carbonyl (C=O) groups is 1. The van der Waals surface area contributed by atoms with Gasteiger partial charge in [-0.1, -0.05) is 11.6 Å². The lowest BCUT2D eigenvalue weighted by molar-refractivity contribution is -0.131. The van der Waals surface area contributed by atoms with Crippen molar-refractivity contribution in [1.82, 2.24) is 25.1 Å². The van der Waals surface area contributed by atoms with E-state index in [1.54, 1.807) is 0 Å². The van der Waals surface area contributed by atoms with E-state index < -0.39 is 0 Å². The first-order valence-corrected chi connectivity index (χ1v) is 12.1. The second kappa shape index (κ2) is 8.75. The number of hydrogen-bond acceptors (Lipinski definition) is 6. The molecule has 3 aliphatic rings. The van der Waals surface area contributed by atoms with E-state index in [0.29, 0.717) is 12.3 Å². The zero-order valence-electron chi connectivity index (χ0n) is 20.7. The SMILES string of the molecule is CNc1nc(C2CCN(C(=O)CC3=CC(C)(C)NC(C)(C)C3)CC2)nc2c1CCN(C)C2. The second-order valence-electron chi connectivity index (χ2n) is 11.1. The summed E-state index contributed by atoms with van der Waals surface area (Å²) in [5.41, 5.74) is 3.63. The number of hydrogen-bond donors (Lipinski definition) is 2. The highest BCUT2D eigenvalue weighted by Gasteiger charge is 2.34. The molecule has 32 heavy (non-hydrogen) atoms. The van der Waals surface area contributed by atoms with Gasteiger partial charge in [0.2, 0.25) is 5.91 Å². The summed E-state index contributed by atoms with van der Waals surface area (Å²) < 4.78 is 0. The van der Waals surface area contributed by atoms with Crippen LogP contribution in [0.2, 0.25) is 0 Å². The van der Waals surface area contributed by atoms with Crippen molar-refractivity contribution in [3.63, 3.8) is 0 Å². The first kappa shape index (κ1) is 23.2. The number of likely N-dealkylation sites (tertiary alicyclic amines) is 1. The number of aromatic nitrogens is 2. The van der Waals surface area contributed by atoms with Crippen molar-refractivity contribution in [3.05, 3.63) is 28.7 Å². The molecule has 0 bridgehead atoms. The van der Waals surface area contributed by atoms with E-state index in [1.165, 1.54) is 11.1 Å². The summed E-state index contributed by atoms with van der Waals surface area (Å²) in [6.07, 6.45) is 6.56. The van der Waals surface area contributed by atoms with E-state index in [2.05, 4.69) is 56.4 Å². The molecule has 176 valence electrons. The van der Waals surface area contributed by atoms with Crippen LogP contribution in [0.4, 0.5) is 5.82 Å². The summed E-state index contributed by atoms with van der Waals surface area (Å²) in [5, 5.41) is 6.94. The van der Waals surface area contributed by atoms with Gasteiger partial charge in [-0.3, -0.25) is 4.79 Å². The molecule has 4 heterocycles. The third-order valence-corrected chi connectivity index (χ3v) is 7.00. The fraction of sp³-hybridized carbons (Fsp3) is 0.720. The van der Waals surface area contributed by atoms with Crippen molar-refractivity contribution >= 4 is 11.7 Å². The van der Waals surface area contributed by atoms with Gasteiger partial charge >= 0.3 is 0 Å². The van der Waals surface area contributed by atoms with Crippen LogP contribution in [-0.4, -0.2) is 70.5 Å². The third kappa shape index (κ3) is 5.15. The maximum atomic E-state index is 13.1. The normalized spacial score (nSPS) is 23.4. The second-order valence-corrected chi connectivity index (χ2v) is 11.1. The van der Waals surface area contributed by atoms with Gasteiger partial charge in [-0.15, -0.1) is 0 Å². The largest absolute Gasteiger partial charge is 0.373 e. The van der Waals surface area contributed by atoms with Gasteiger partial charge in [-0.05, 0) is 60.4 Å². The monoisotopic (exact) mass is 440 g/mol. The highest BCUT2D eigenvalue weighted by molar-refractivity contribution is 5.79. The van der Waals surface area contributed by atoms with Crippen LogP contribution in [0.3, 0.4) is 0 Å². The van der Waals surface area contributed by atoms with E-state index in [9.17, 15) is 4.79 Å². The molecule has 1 amide bonds. The molecule has 3 aliphatic heterocycles. The summed E-state index contributed by atoms with van der Waals surface area (Å²) in [5.74, 6) is 2.51. The van der Waals surface area contributed by atoms with Crippen LogP contribution in [0.5, 0.6) is 0 Å². The highest BCUT2D eigenvalue weighted by atomic mass is 16.2. The first-order valence-electron chi connectivity index (χ1n) is 12.1. The number of fused-ring (bicyclic) bond motifs is 1. The number of nitrogens with zero attached hydrogens (tertiary/aromatic N) is 4. The van der Waals surface area contributed by atoms with E-state index in [-0.39, 0.29) is 17.0 Å². The fourth-order valence-corrected chi connectivity index (χ4v) is 5.86. The molecule has 2 N–H and O–H groups in total. The number of nitrogens with one attached hydrogen (secondary N) is 2. The third-order valence-electron chi connectivity index (χ3n) is 7.00. The van der Waals surface area contributed by atoms with Crippen LogP contribution in [0.15, 0.2) is 11.6 Å². The Morgan fingerprint density at radius 3 is 2.56 bits per heavy atom. The quantitative estimate of drug-likeness (QED) is 0.701. The Morgan fingerprint density at radius 2 is 1.91 bits per heavy atom. The van der Waals surface area contributed by atoms with Gasteiger partial charge in [0.25, 0.3) is 0 Å². The number of anilines is 1. The van der Waals surface area contributed by atoms with Crippen LogP contribution >= 0.6 is 0 Å². The summed E-state index contributed by atoms with van der Waals surface area (Å²) in [7, 11) is 4.10. The summed E-state index contributed by atoms with van der Waals surface area (Å²) in [6.45, 7) is 12.3. The number of piperidine rings is 1. The Bertz CT molecular complexity index is 898. The van der Waals surface area contributed by atoms with Crippen molar-refractivity contribution < 1.29 is 4.79 Å². The maximum absolute atomic E-state index is 13.1. The topological polar surface area (TPSA) is 73.4 Å². The van der Waals surface area contributed by atoms with Crippen LogP contribution in [0.25, 0.3) is 0 Å². The van der Waals surface area contributed by atoms with E-state index >= 15 is 0 Å². The number of rotatable bonds is 4. The Balaban J connectivity index is 1.40. The molecule has 0 radical (unpaired) electrons. The van der Waals surface area contributed by atoms with Gasteiger partial charge in [0.05, 0.1) is 5.69 Å².